The Morgan fingerprint density at radius 1 is 0.967 bits per heavy atom. The molecule has 2 amide bonds. The molecule has 2 aromatic carbocycles. The summed E-state index contributed by atoms with van der Waals surface area (Å²) in [4.78, 5) is 28.5. The van der Waals surface area contributed by atoms with E-state index in [2.05, 4.69) is 0 Å². The number of carbonyl (C=O) groups excluding carboxylic acids is 2. The van der Waals surface area contributed by atoms with Crippen LogP contribution in [0.15, 0.2) is 76.2 Å². The molecular formula is C24H21NO4S. The normalized spacial score (nSPS) is 14.0. The number of benzene rings is 2. The fraction of sp³-hybridized carbons (Fsp3) is 0.167. The quantitative estimate of drug-likeness (QED) is 0.492. The van der Waals surface area contributed by atoms with Crippen molar-refractivity contribution in [2.45, 2.75) is 19.6 Å². The van der Waals surface area contributed by atoms with Gasteiger partial charge in [-0.2, -0.15) is 0 Å². The average molecular weight is 420 g/mol. The van der Waals surface area contributed by atoms with Gasteiger partial charge in [-0.1, -0.05) is 30.3 Å². The fourth-order valence-corrected chi connectivity index (χ4v) is 4.37. The number of rotatable bonds is 7. The minimum atomic E-state index is -0.319. The Morgan fingerprint density at radius 3 is 2.40 bits per heavy atom. The maximum atomic E-state index is 13.4. The summed E-state index contributed by atoms with van der Waals surface area (Å²) < 4.78 is 10.9. The molecule has 0 saturated heterocycles. The van der Waals surface area contributed by atoms with Crippen LogP contribution in [0.2, 0.25) is 0 Å². The van der Waals surface area contributed by atoms with Gasteiger partial charge in [-0.3, -0.25) is 9.59 Å². The highest BCUT2D eigenvalue weighted by atomic mass is 32.2. The first-order chi connectivity index (χ1) is 14.6. The molecule has 1 aliphatic heterocycles. The van der Waals surface area contributed by atoms with Crippen molar-refractivity contribution >= 4 is 34.8 Å². The molecule has 0 fully saturated rings. The van der Waals surface area contributed by atoms with Crippen LogP contribution in [0.3, 0.4) is 0 Å². The van der Waals surface area contributed by atoms with Gasteiger partial charge in [0.15, 0.2) is 0 Å². The van der Waals surface area contributed by atoms with Crippen LogP contribution in [0.4, 0.5) is 5.69 Å². The lowest BCUT2D eigenvalue weighted by Crippen LogP contribution is -2.31. The van der Waals surface area contributed by atoms with Crippen LogP contribution in [0.1, 0.15) is 23.8 Å². The Morgan fingerprint density at radius 2 is 1.73 bits per heavy atom. The second-order valence-corrected chi connectivity index (χ2v) is 7.75. The first-order valence-electron chi connectivity index (χ1n) is 9.67. The van der Waals surface area contributed by atoms with Crippen molar-refractivity contribution in [3.05, 3.63) is 88.7 Å². The molecule has 2 heterocycles. The molecule has 0 radical (unpaired) electrons. The van der Waals surface area contributed by atoms with Gasteiger partial charge in [-0.25, -0.2) is 4.90 Å². The predicted octanol–water partition coefficient (Wildman–Crippen LogP) is 5.20. The number of amides is 2. The van der Waals surface area contributed by atoms with Crippen LogP contribution in [-0.2, 0) is 15.3 Å². The van der Waals surface area contributed by atoms with Crippen molar-refractivity contribution in [1.29, 1.82) is 0 Å². The zero-order valence-electron chi connectivity index (χ0n) is 16.8. The maximum Gasteiger partial charge on any atom is 0.272 e. The zero-order chi connectivity index (χ0) is 21.1. The molecule has 0 aliphatic carbocycles. The van der Waals surface area contributed by atoms with E-state index in [-0.39, 0.29) is 11.8 Å². The van der Waals surface area contributed by atoms with Crippen LogP contribution >= 0.6 is 11.8 Å². The van der Waals surface area contributed by atoms with Crippen LogP contribution in [0.5, 0.6) is 5.75 Å². The lowest BCUT2D eigenvalue weighted by molar-refractivity contribution is -0.119. The Balaban J connectivity index is 1.74. The number of furan rings is 1. The van der Waals surface area contributed by atoms with Gasteiger partial charge >= 0.3 is 0 Å². The predicted molar refractivity (Wildman–Crippen MR) is 118 cm³/mol. The number of hydrogen-bond acceptors (Lipinski definition) is 5. The van der Waals surface area contributed by atoms with E-state index < -0.39 is 0 Å². The number of carbonyl (C=O) groups is 2. The van der Waals surface area contributed by atoms with Crippen LogP contribution in [0, 0.1) is 6.92 Å². The number of aryl methyl sites for hydroxylation is 1. The summed E-state index contributed by atoms with van der Waals surface area (Å²) in [6.07, 6.45) is 1.60. The molecule has 0 unspecified atom stereocenters. The van der Waals surface area contributed by atoms with E-state index in [9.17, 15) is 9.59 Å². The second kappa shape index (κ2) is 8.63. The van der Waals surface area contributed by atoms with E-state index in [1.165, 1.54) is 16.7 Å². The molecule has 0 N–H and O–H groups in total. The van der Waals surface area contributed by atoms with Crippen molar-refractivity contribution < 1.29 is 18.7 Å². The van der Waals surface area contributed by atoms with Gasteiger partial charge in [-0.15, -0.1) is 11.8 Å². The Labute approximate surface area is 179 Å². The summed E-state index contributed by atoms with van der Waals surface area (Å²) in [7, 11) is 0. The van der Waals surface area contributed by atoms with Gasteiger partial charge in [0.05, 0.1) is 34.8 Å². The van der Waals surface area contributed by atoms with Gasteiger partial charge in [0.25, 0.3) is 11.8 Å². The number of hydrogen-bond donors (Lipinski definition) is 0. The summed E-state index contributed by atoms with van der Waals surface area (Å²) >= 11 is 1.32. The zero-order valence-corrected chi connectivity index (χ0v) is 17.6. The summed E-state index contributed by atoms with van der Waals surface area (Å²) in [5, 5.41) is 0. The minimum Gasteiger partial charge on any atom is -0.494 e. The average Bonchev–Trinajstić information content (AvgIpc) is 3.34. The smallest absolute Gasteiger partial charge is 0.272 e. The maximum absolute atomic E-state index is 13.4. The van der Waals surface area contributed by atoms with E-state index in [0.717, 1.165) is 17.1 Å². The molecule has 0 saturated carbocycles. The lowest BCUT2D eigenvalue weighted by atomic mass is 10.1. The topological polar surface area (TPSA) is 59.8 Å². The molecule has 0 spiro atoms. The fourth-order valence-electron chi connectivity index (χ4n) is 3.35. The molecule has 6 heteroatoms. The first kappa shape index (κ1) is 20.0. The van der Waals surface area contributed by atoms with Crippen molar-refractivity contribution in [3.63, 3.8) is 0 Å². The van der Waals surface area contributed by atoms with E-state index in [0.29, 0.717) is 34.1 Å². The van der Waals surface area contributed by atoms with Crippen LogP contribution < -0.4 is 9.64 Å². The molecule has 5 nitrogen and oxygen atoms in total. The summed E-state index contributed by atoms with van der Waals surface area (Å²) in [5.74, 6) is 1.30. The molecule has 1 aliphatic rings. The number of nitrogens with zero attached hydrogens (tertiary/aromatic N) is 1. The van der Waals surface area contributed by atoms with E-state index in [1.807, 2.05) is 62.4 Å². The highest BCUT2D eigenvalue weighted by Crippen LogP contribution is 2.40. The molecule has 30 heavy (non-hydrogen) atoms. The van der Waals surface area contributed by atoms with Gasteiger partial charge in [-0.05, 0) is 55.3 Å². The van der Waals surface area contributed by atoms with Gasteiger partial charge in [0.1, 0.15) is 11.5 Å². The third kappa shape index (κ3) is 3.78. The van der Waals surface area contributed by atoms with Gasteiger partial charge < -0.3 is 9.15 Å². The summed E-state index contributed by atoms with van der Waals surface area (Å²) in [6, 6.07) is 18.3. The Hall–Kier alpha value is -3.25. The van der Waals surface area contributed by atoms with Gasteiger partial charge in [0.2, 0.25) is 0 Å². The number of anilines is 1. The molecule has 3 aromatic rings. The van der Waals surface area contributed by atoms with E-state index >= 15 is 0 Å². The highest BCUT2D eigenvalue weighted by Gasteiger charge is 2.40. The van der Waals surface area contributed by atoms with Crippen molar-refractivity contribution in [3.8, 4) is 5.75 Å². The SMILES string of the molecule is CCOc1ccc(C2=C(SCc3ccco3)C(=O)N(c3ccccc3C)C2=O)cc1. The molecule has 0 atom stereocenters. The lowest BCUT2D eigenvalue weighted by Gasteiger charge is -2.17. The standard InChI is InChI=1S/C24H21NO4S/c1-3-28-18-12-10-17(11-13-18)21-22(30-15-19-8-6-14-29-19)24(27)25(23(21)26)20-9-5-4-7-16(20)2/h4-14H,3,15H2,1-2H3. The number of ether oxygens (including phenoxy) is 1. The van der Waals surface area contributed by atoms with Gasteiger partial charge in [0, 0.05) is 0 Å². The molecule has 1 aromatic heterocycles. The van der Waals surface area contributed by atoms with Crippen molar-refractivity contribution in [2.75, 3.05) is 11.5 Å². The number of imide groups is 1. The number of thioether (sulfide) groups is 1. The Kier molecular flexibility index (Phi) is 5.77. The second-order valence-electron chi connectivity index (χ2n) is 6.76. The monoisotopic (exact) mass is 419 g/mol. The summed E-state index contributed by atoms with van der Waals surface area (Å²) in [6.45, 7) is 4.37. The molecule has 4 rings (SSSR count). The molecule has 0 bridgehead atoms. The van der Waals surface area contributed by atoms with Crippen LogP contribution in [0.25, 0.3) is 5.57 Å². The molecule has 152 valence electrons. The van der Waals surface area contributed by atoms with Crippen molar-refractivity contribution in [1.82, 2.24) is 0 Å². The third-order valence-corrected chi connectivity index (χ3v) is 5.89. The molecular weight excluding hydrogens is 398 g/mol. The van der Waals surface area contributed by atoms with Crippen LogP contribution in [-0.4, -0.2) is 18.4 Å². The summed E-state index contributed by atoms with van der Waals surface area (Å²) in [5.41, 5.74) is 2.56. The van der Waals surface area contributed by atoms with Crippen molar-refractivity contribution in [2.24, 2.45) is 0 Å². The van der Waals surface area contributed by atoms with E-state index in [4.69, 9.17) is 9.15 Å². The first-order valence-corrected chi connectivity index (χ1v) is 10.7. The highest BCUT2D eigenvalue weighted by molar-refractivity contribution is 8.03. The third-order valence-electron chi connectivity index (χ3n) is 4.79. The largest absolute Gasteiger partial charge is 0.494 e. The number of para-hydroxylation sites is 1. The Bertz CT molecular complexity index is 1100. The minimum absolute atomic E-state index is 0.310. The van der Waals surface area contributed by atoms with E-state index in [1.54, 1.807) is 18.4 Å².